The van der Waals surface area contributed by atoms with Gasteiger partial charge in [-0.25, -0.2) is 0 Å². The summed E-state index contributed by atoms with van der Waals surface area (Å²) in [4.78, 5) is 272. The van der Waals surface area contributed by atoms with E-state index < -0.39 is 290 Å². The SMILES string of the molecule is CC(C)C[C@@H]1NC(=O)[C@H](CCN)NC(=O)[C@H](Cc2ccccc2)N(C)C(=O)[C@@H]2CC(CN)[C@@H](O)[C@H](NC(=O)[C@H](C(C)C)NC1=O)C(=O)N[C@H](C(=O)N[C@@H](C)C(N)=O)CSCC(=O)N[C@@H](CC(N)=O)C(=O)N[C@@H](Cc1ccc(O)cc1)C(=O)N[C@@H](CC(=O)O)C(=O)N[C@@H](Cc1c[nH]c3ccccc13)C(=O)N[C@@H](C(C)C)C(=O)N[C@@H](Cc1ccc(-c3ccccc3)cc1)C(=O)N[C@@H](CCCNC(=N)N)C(=O)N2. The highest BCUT2D eigenvalue weighted by Crippen LogP contribution is 2.26. The summed E-state index contributed by atoms with van der Waals surface area (Å²) in [6.07, 6.45) is -6.59. The van der Waals surface area contributed by atoms with E-state index in [1.165, 1.54) is 65.2 Å². The highest BCUT2D eigenvalue weighted by atomic mass is 32.2. The summed E-state index contributed by atoms with van der Waals surface area (Å²) in [6.45, 7) is 9.43. The first-order valence-corrected chi connectivity index (χ1v) is 47.1. The molecule has 140 heavy (non-hydrogen) atoms. The zero-order valence-electron chi connectivity index (χ0n) is 79.1. The fourth-order valence-electron chi connectivity index (χ4n) is 15.9. The molecule has 3 heterocycles. The standard InChI is InChI=1S/C95H129N23O21S/c1-48(2)36-64-87(132)116-77(50(5)6)92(137)117-78-79(124)57(44-97)40-70(94(139)118(8)72(39-52-18-11-9-12-19-52)90(135)107-63(33-34-96)82(127)108-64)113-81(126)62(24-17-35-102-95(100)101)106-83(128)66(37-53-25-29-56(30-26-53)55-20-13-10-14-21-55)112-91(136)76(49(3)4)115-88(133)67(41-58-45-103-61-23-16-15-22-60(58)61)110-86(131)69(43-75(122)123)111-84(129)65(38-54-27-31-59(119)32-28-54)109-85(130)68(42-73(98)120)105-74(121)47-140-46-71(114-93(78)138)89(134)104-51(7)80(99)125/h9-16,18-23,25-32,45,48-51,57,62-72,76-79,103,119,124H,17,24,33-44,46-47,96-97H2,1-8H3,(H2,98,120)(H2,99,125)(H,104,134)(H,105,121)(H,106,128)(H,107,135)(H,108,127)(H,109,130)(H,110,131)(H,111,129)(H,112,136)(H,113,126)(H,114,138)(H,115,133)(H,116,132)(H,117,137)(H,122,123)(H4,100,101,102)/t51-,57?,62-,63-,64-,65-,66-,67-,68-,69-,70-,71-,72-,76-,77-,78-,79+/m0/s1. The van der Waals surface area contributed by atoms with Crippen molar-refractivity contribution in [3.05, 3.63) is 162 Å². The zero-order valence-corrected chi connectivity index (χ0v) is 79.9. The zero-order chi connectivity index (χ0) is 103. The van der Waals surface area contributed by atoms with Crippen LogP contribution in [0.15, 0.2) is 140 Å². The van der Waals surface area contributed by atoms with Gasteiger partial charge in [-0.05, 0) is 121 Å². The Bertz CT molecular complexity index is 5380. The number of aromatic amines is 1. The molecule has 5 aromatic carbocycles. The maximum atomic E-state index is 16.3. The smallest absolute Gasteiger partial charge is 0.305 e. The normalized spacial score (nSPS) is 24.3. The molecular weight excluding hydrogens is 1830 g/mol. The molecule has 8 rings (SSSR count). The minimum absolute atomic E-state index is 0.0991. The van der Waals surface area contributed by atoms with Crippen LogP contribution >= 0.6 is 11.8 Å². The number of carbonyl (C=O) groups is 18. The molecule has 0 saturated carbocycles. The first kappa shape index (κ1) is 111. The molecular formula is C95H129N23O21S. The van der Waals surface area contributed by atoms with E-state index >= 15 is 47.9 Å². The van der Waals surface area contributed by atoms with Gasteiger partial charge in [0.25, 0.3) is 0 Å². The van der Waals surface area contributed by atoms with Gasteiger partial charge in [-0.1, -0.05) is 157 Å². The Morgan fingerprint density at radius 1 is 0.507 bits per heavy atom. The summed E-state index contributed by atoms with van der Waals surface area (Å²) in [7, 11) is 1.17. The molecule has 2 aliphatic rings. The van der Waals surface area contributed by atoms with E-state index in [0.29, 0.717) is 39.4 Å². The molecule has 2 bridgehead atoms. The number of fused-ring (bicyclic) bond motifs is 5. The Morgan fingerprint density at radius 3 is 1.55 bits per heavy atom. The third-order valence-electron chi connectivity index (χ3n) is 23.7. The number of amides is 17. The van der Waals surface area contributed by atoms with Crippen LogP contribution in [0.5, 0.6) is 5.75 Å². The summed E-state index contributed by atoms with van der Waals surface area (Å²) in [5.74, 6) is -27.8. The van der Waals surface area contributed by atoms with E-state index in [9.17, 15) is 53.7 Å². The van der Waals surface area contributed by atoms with Crippen molar-refractivity contribution in [1.82, 2.24) is 89.6 Å². The number of primary amides is 2. The average Bonchev–Trinajstić information content (AvgIpc) is 1.25. The Morgan fingerprint density at radius 2 is 0.986 bits per heavy atom. The van der Waals surface area contributed by atoms with E-state index in [1.54, 1.807) is 92.7 Å². The van der Waals surface area contributed by atoms with Crippen LogP contribution in [0, 0.1) is 29.1 Å². The number of thioether (sulfide) groups is 1. The monoisotopic (exact) mass is 1960 g/mol. The number of phenols is 1. The van der Waals surface area contributed by atoms with Crippen molar-refractivity contribution < 1.29 is 102 Å². The van der Waals surface area contributed by atoms with Gasteiger partial charge in [0.1, 0.15) is 96.4 Å². The van der Waals surface area contributed by atoms with Crippen LogP contribution in [0.3, 0.4) is 0 Å². The van der Waals surface area contributed by atoms with Crippen LogP contribution < -0.4 is 108 Å². The van der Waals surface area contributed by atoms with Crippen molar-refractivity contribution >= 4 is 135 Å². The fourth-order valence-corrected chi connectivity index (χ4v) is 16.7. The third-order valence-corrected chi connectivity index (χ3v) is 24.7. The number of H-pyrrole nitrogens is 1. The molecule has 44 nitrogen and oxygen atoms in total. The lowest BCUT2D eigenvalue weighted by Crippen LogP contribution is -2.64. The topological polar surface area (TPSA) is 721 Å². The number of rotatable bonds is 27. The molecule has 0 aliphatic carbocycles. The number of carbonyl (C=O) groups excluding carboxylic acids is 17. The number of carboxylic acids is 1. The molecule has 756 valence electrons. The second kappa shape index (κ2) is 53.4. The van der Waals surface area contributed by atoms with Crippen molar-refractivity contribution in [2.45, 2.75) is 216 Å². The van der Waals surface area contributed by atoms with E-state index in [1.807, 2.05) is 30.3 Å². The molecule has 30 N–H and O–H groups in total. The number of aliphatic carboxylic acids is 1. The van der Waals surface area contributed by atoms with Gasteiger partial charge in [0.2, 0.25) is 100 Å². The van der Waals surface area contributed by atoms with Crippen LogP contribution in [0.25, 0.3) is 22.0 Å². The number of para-hydroxylation sites is 1. The summed E-state index contributed by atoms with van der Waals surface area (Å²) >= 11 is 0.539. The number of aliphatic hydroxyl groups is 1. The molecule has 1 unspecified atom stereocenters. The second-order valence-electron chi connectivity index (χ2n) is 35.8. The number of hydrogen-bond acceptors (Lipinski definition) is 24. The van der Waals surface area contributed by atoms with E-state index in [2.05, 4.69) is 84.7 Å². The maximum Gasteiger partial charge on any atom is 0.305 e. The summed E-state index contributed by atoms with van der Waals surface area (Å²) < 4.78 is 0. The molecule has 17 amide bonds. The van der Waals surface area contributed by atoms with Gasteiger partial charge in [0.15, 0.2) is 5.96 Å². The van der Waals surface area contributed by atoms with Crippen molar-refractivity contribution in [2.75, 3.05) is 38.2 Å². The Labute approximate surface area is 812 Å². The first-order chi connectivity index (χ1) is 66.4. The fraction of sp³-hybridized carbons (Fsp3) is 0.463. The lowest BCUT2D eigenvalue weighted by Gasteiger charge is -2.36. The Hall–Kier alpha value is -14.6. The van der Waals surface area contributed by atoms with Gasteiger partial charge in [-0.2, -0.15) is 0 Å². The van der Waals surface area contributed by atoms with Gasteiger partial charge in [0, 0.05) is 68.0 Å². The molecule has 45 heteroatoms. The number of phenolic OH excluding ortho intramolecular Hbond substituents is 1. The number of nitrogens with two attached hydrogens (primary N) is 5. The maximum absolute atomic E-state index is 16.3. The summed E-state index contributed by atoms with van der Waals surface area (Å²) in [5, 5.41) is 81.1. The van der Waals surface area contributed by atoms with Crippen molar-refractivity contribution in [1.29, 1.82) is 5.41 Å². The highest BCUT2D eigenvalue weighted by Gasteiger charge is 2.45. The van der Waals surface area contributed by atoms with Gasteiger partial charge >= 0.3 is 5.97 Å². The van der Waals surface area contributed by atoms with Gasteiger partial charge in [0.05, 0.1) is 24.7 Å². The summed E-state index contributed by atoms with van der Waals surface area (Å²) in [5.41, 5.74) is 33.4. The van der Waals surface area contributed by atoms with Crippen LogP contribution in [0.4, 0.5) is 0 Å². The minimum Gasteiger partial charge on any atom is -0.508 e. The number of hydrogen-bond donors (Lipinski definition) is 25. The molecule has 2 fully saturated rings. The second-order valence-corrected chi connectivity index (χ2v) is 36.8. The van der Waals surface area contributed by atoms with Crippen LogP contribution in [0.2, 0.25) is 0 Å². The molecule has 6 aromatic rings. The largest absolute Gasteiger partial charge is 0.508 e. The van der Waals surface area contributed by atoms with Gasteiger partial charge < -0.3 is 134 Å². The first-order valence-electron chi connectivity index (χ1n) is 46.0. The number of benzene rings is 5. The predicted molar refractivity (Wildman–Crippen MR) is 517 cm³/mol. The molecule has 0 spiro atoms. The highest BCUT2D eigenvalue weighted by molar-refractivity contribution is 8.00. The van der Waals surface area contributed by atoms with Gasteiger partial charge in [-0.15, -0.1) is 11.8 Å². The van der Waals surface area contributed by atoms with Crippen molar-refractivity contribution in [3.63, 3.8) is 0 Å². The number of carboxylic acid groups (broad SMARTS) is 1. The van der Waals surface area contributed by atoms with E-state index in [-0.39, 0.29) is 56.0 Å². The lowest BCUT2D eigenvalue weighted by atomic mass is 9.88. The van der Waals surface area contributed by atoms with Crippen LogP contribution in [0.1, 0.15) is 116 Å². The van der Waals surface area contributed by atoms with Crippen molar-refractivity contribution in [2.24, 2.45) is 52.3 Å². The number of aliphatic hydroxyl groups excluding tert-OH is 1. The van der Waals surface area contributed by atoms with Crippen LogP contribution in [-0.4, -0.2) is 272 Å². The van der Waals surface area contributed by atoms with Gasteiger partial charge in [-0.3, -0.25) is 91.7 Å². The van der Waals surface area contributed by atoms with E-state index in [0.717, 1.165) is 23.0 Å². The number of aromatic nitrogens is 1. The molecule has 17 atom stereocenters. The van der Waals surface area contributed by atoms with E-state index in [4.69, 9.17) is 34.1 Å². The van der Waals surface area contributed by atoms with Crippen LogP contribution in [-0.2, 0) is 112 Å². The molecule has 1 aromatic heterocycles. The molecule has 2 aliphatic heterocycles. The number of nitrogens with zero attached hydrogens (tertiary/aromatic N) is 1. The van der Waals surface area contributed by atoms with Crippen molar-refractivity contribution in [3.8, 4) is 16.9 Å². The summed E-state index contributed by atoms with van der Waals surface area (Å²) in [6, 6.07) is 8.52. The molecule has 2 saturated heterocycles. The number of nitrogens with one attached hydrogen (secondary N) is 17. The minimum atomic E-state index is -2.41. The Balaban J connectivity index is 1.36. The number of guanidine groups is 1. The lowest BCUT2D eigenvalue weighted by molar-refractivity contribution is -0.144. The number of aromatic hydroxyl groups is 1. The molecule has 0 radical (unpaired) electrons. The number of likely N-dealkylation sites (N-methyl/N-ethyl adjacent to an activating group) is 1. The third kappa shape index (κ3) is 33.4. The average molecular weight is 1960 g/mol. The Kier molecular flexibility index (Phi) is 42.2. The predicted octanol–water partition coefficient (Wildman–Crippen LogP) is -3.66. The quantitative estimate of drug-likeness (QED) is 0.0134.